The molecule has 3 rings (SSSR count). The van der Waals surface area contributed by atoms with Crippen LogP contribution in [0.3, 0.4) is 0 Å². The number of aryl methyl sites for hydroxylation is 2. The standard InChI is InChI=1S/C21H24N2/c1-15-10-11-18(16(2)14-15)22-13-12-20-21(3,4)17-8-6-7-9-19(17)23(20)5/h6-14H,1-5H3. The van der Waals surface area contributed by atoms with Crippen LogP contribution in [0.5, 0.6) is 0 Å². The molecule has 118 valence electrons. The predicted octanol–water partition coefficient (Wildman–Crippen LogP) is 5.32. The summed E-state index contributed by atoms with van der Waals surface area (Å²) in [6, 6.07) is 15.0. The second-order valence-electron chi connectivity index (χ2n) is 6.82. The SMILES string of the molecule is Cc1ccc(N=CC=C2N(C)c3ccccc3C2(C)C)c(C)c1. The normalized spacial score (nSPS) is 18.0. The quantitative estimate of drug-likeness (QED) is 0.686. The van der Waals surface area contributed by atoms with Crippen molar-refractivity contribution in [3.8, 4) is 0 Å². The largest absolute Gasteiger partial charge is 0.347 e. The first-order chi connectivity index (χ1) is 10.9. The number of benzene rings is 2. The van der Waals surface area contributed by atoms with E-state index in [-0.39, 0.29) is 5.41 Å². The number of rotatable bonds is 2. The first kappa shape index (κ1) is 15.5. The highest BCUT2D eigenvalue weighted by atomic mass is 15.2. The van der Waals surface area contributed by atoms with Crippen LogP contribution in [0.2, 0.25) is 0 Å². The molecule has 0 bridgehead atoms. The Morgan fingerprint density at radius 1 is 1.04 bits per heavy atom. The lowest BCUT2D eigenvalue weighted by molar-refractivity contribution is 0.641. The lowest BCUT2D eigenvalue weighted by Crippen LogP contribution is -2.23. The molecule has 23 heavy (non-hydrogen) atoms. The number of likely N-dealkylation sites (N-methyl/N-ethyl adjacent to an activating group) is 1. The zero-order chi connectivity index (χ0) is 16.6. The second-order valence-corrected chi connectivity index (χ2v) is 6.82. The first-order valence-electron chi connectivity index (χ1n) is 8.06. The lowest BCUT2D eigenvalue weighted by Gasteiger charge is -2.23. The van der Waals surface area contributed by atoms with Gasteiger partial charge in [0.25, 0.3) is 0 Å². The third kappa shape index (κ3) is 2.70. The minimum absolute atomic E-state index is 0.000314. The average Bonchev–Trinajstić information content (AvgIpc) is 2.70. The molecule has 0 saturated carbocycles. The zero-order valence-corrected chi connectivity index (χ0v) is 14.6. The Kier molecular flexibility index (Phi) is 3.85. The topological polar surface area (TPSA) is 15.6 Å². The van der Waals surface area contributed by atoms with Crippen molar-refractivity contribution in [2.45, 2.75) is 33.1 Å². The van der Waals surface area contributed by atoms with Crippen LogP contribution in [-0.4, -0.2) is 13.3 Å². The molecule has 2 aromatic carbocycles. The fourth-order valence-electron chi connectivity index (χ4n) is 3.44. The van der Waals surface area contributed by atoms with Crippen LogP contribution in [-0.2, 0) is 5.41 Å². The van der Waals surface area contributed by atoms with Gasteiger partial charge in [0, 0.05) is 30.1 Å². The van der Waals surface area contributed by atoms with E-state index in [9.17, 15) is 0 Å². The van der Waals surface area contributed by atoms with Crippen LogP contribution in [0.15, 0.2) is 59.2 Å². The number of nitrogens with zero attached hydrogens (tertiary/aromatic N) is 2. The molecule has 2 aromatic rings. The molecule has 0 unspecified atom stereocenters. The fraction of sp³-hybridized carbons (Fsp3) is 0.286. The molecule has 0 fully saturated rings. The van der Waals surface area contributed by atoms with Crippen molar-refractivity contribution in [3.63, 3.8) is 0 Å². The highest BCUT2D eigenvalue weighted by molar-refractivity contribution is 5.81. The number of hydrogen-bond donors (Lipinski definition) is 0. The predicted molar refractivity (Wildman–Crippen MR) is 100 cm³/mol. The van der Waals surface area contributed by atoms with Crippen LogP contribution in [0, 0.1) is 13.8 Å². The van der Waals surface area contributed by atoms with Gasteiger partial charge in [-0.1, -0.05) is 49.7 Å². The van der Waals surface area contributed by atoms with Gasteiger partial charge in [0.05, 0.1) is 5.69 Å². The van der Waals surface area contributed by atoms with Crippen LogP contribution >= 0.6 is 0 Å². The van der Waals surface area contributed by atoms with Gasteiger partial charge in [0.1, 0.15) is 0 Å². The summed E-state index contributed by atoms with van der Waals surface area (Å²) >= 11 is 0. The third-order valence-electron chi connectivity index (χ3n) is 4.74. The molecule has 0 spiro atoms. The van der Waals surface area contributed by atoms with Gasteiger partial charge in [0.2, 0.25) is 0 Å². The summed E-state index contributed by atoms with van der Waals surface area (Å²) in [5.41, 5.74) is 7.43. The molecular formula is C21H24N2. The van der Waals surface area contributed by atoms with E-state index >= 15 is 0 Å². The van der Waals surface area contributed by atoms with Crippen molar-refractivity contribution in [2.75, 3.05) is 11.9 Å². The van der Waals surface area contributed by atoms with E-state index in [1.165, 1.54) is 28.1 Å². The van der Waals surface area contributed by atoms with Crippen molar-refractivity contribution < 1.29 is 0 Å². The number of para-hydroxylation sites is 1. The summed E-state index contributed by atoms with van der Waals surface area (Å²) in [5.74, 6) is 0. The molecule has 1 aliphatic rings. The van der Waals surface area contributed by atoms with Gasteiger partial charge in [-0.15, -0.1) is 0 Å². The Bertz CT molecular complexity index is 797. The van der Waals surface area contributed by atoms with E-state index < -0.39 is 0 Å². The molecule has 0 saturated heterocycles. The molecule has 0 atom stereocenters. The minimum Gasteiger partial charge on any atom is -0.347 e. The van der Waals surface area contributed by atoms with Crippen molar-refractivity contribution in [1.29, 1.82) is 0 Å². The van der Waals surface area contributed by atoms with Crippen LogP contribution in [0.1, 0.15) is 30.5 Å². The van der Waals surface area contributed by atoms with E-state index in [0.29, 0.717) is 0 Å². The monoisotopic (exact) mass is 304 g/mol. The molecule has 0 N–H and O–H groups in total. The van der Waals surface area contributed by atoms with E-state index in [4.69, 9.17) is 0 Å². The second kappa shape index (κ2) is 5.69. The van der Waals surface area contributed by atoms with Crippen molar-refractivity contribution in [2.24, 2.45) is 4.99 Å². The first-order valence-corrected chi connectivity index (χ1v) is 8.06. The molecule has 1 heterocycles. The summed E-state index contributed by atoms with van der Waals surface area (Å²) in [5, 5.41) is 0. The molecule has 0 aliphatic carbocycles. The number of hydrogen-bond acceptors (Lipinski definition) is 2. The van der Waals surface area contributed by atoms with Crippen LogP contribution in [0.25, 0.3) is 0 Å². The van der Waals surface area contributed by atoms with Crippen molar-refractivity contribution in [1.82, 2.24) is 0 Å². The molecule has 2 nitrogen and oxygen atoms in total. The van der Waals surface area contributed by atoms with E-state index in [0.717, 1.165) is 5.69 Å². The molecule has 0 aromatic heterocycles. The summed E-state index contributed by atoms with van der Waals surface area (Å²) in [6.07, 6.45) is 4.07. The van der Waals surface area contributed by atoms with E-state index in [1.807, 2.05) is 6.21 Å². The van der Waals surface area contributed by atoms with Crippen LogP contribution < -0.4 is 4.90 Å². The highest BCUT2D eigenvalue weighted by Gasteiger charge is 2.37. The van der Waals surface area contributed by atoms with Gasteiger partial charge < -0.3 is 4.90 Å². The molecule has 1 aliphatic heterocycles. The van der Waals surface area contributed by atoms with Gasteiger partial charge in [0.15, 0.2) is 0 Å². The third-order valence-corrected chi connectivity index (χ3v) is 4.74. The Morgan fingerprint density at radius 2 is 1.78 bits per heavy atom. The molecule has 0 amide bonds. The lowest BCUT2D eigenvalue weighted by atomic mass is 9.84. The van der Waals surface area contributed by atoms with Crippen molar-refractivity contribution in [3.05, 3.63) is 70.9 Å². The minimum atomic E-state index is -0.000314. The van der Waals surface area contributed by atoms with Gasteiger partial charge in [-0.3, -0.25) is 4.99 Å². The summed E-state index contributed by atoms with van der Waals surface area (Å²) in [7, 11) is 2.13. The Balaban J connectivity index is 1.93. The maximum Gasteiger partial charge on any atom is 0.0658 e. The molecule has 2 heteroatoms. The number of anilines is 1. The zero-order valence-electron chi connectivity index (χ0n) is 14.6. The summed E-state index contributed by atoms with van der Waals surface area (Å²) in [6.45, 7) is 8.75. The molecule has 0 radical (unpaired) electrons. The van der Waals surface area contributed by atoms with Crippen molar-refractivity contribution >= 4 is 17.6 Å². The highest BCUT2D eigenvalue weighted by Crippen LogP contribution is 2.46. The smallest absolute Gasteiger partial charge is 0.0658 e. The Labute approximate surface area is 139 Å². The maximum absolute atomic E-state index is 4.65. The van der Waals surface area contributed by atoms with E-state index in [2.05, 4.69) is 93.2 Å². The van der Waals surface area contributed by atoms with Crippen LogP contribution in [0.4, 0.5) is 11.4 Å². The van der Waals surface area contributed by atoms with Gasteiger partial charge in [-0.05, 0) is 43.2 Å². The average molecular weight is 304 g/mol. The maximum atomic E-state index is 4.65. The number of allylic oxidation sites excluding steroid dienone is 2. The Hall–Kier alpha value is -2.35. The van der Waals surface area contributed by atoms with Gasteiger partial charge in [-0.25, -0.2) is 0 Å². The van der Waals surface area contributed by atoms with Gasteiger partial charge in [-0.2, -0.15) is 0 Å². The number of fused-ring (bicyclic) bond motifs is 1. The van der Waals surface area contributed by atoms with Gasteiger partial charge >= 0.3 is 0 Å². The fourth-order valence-corrected chi connectivity index (χ4v) is 3.44. The Morgan fingerprint density at radius 3 is 2.48 bits per heavy atom. The molecular weight excluding hydrogens is 280 g/mol. The summed E-state index contributed by atoms with van der Waals surface area (Å²) in [4.78, 5) is 6.91. The van der Waals surface area contributed by atoms with E-state index in [1.54, 1.807) is 0 Å². The number of aliphatic imine (C=N–C) groups is 1. The summed E-state index contributed by atoms with van der Waals surface area (Å²) < 4.78 is 0.